The fourth-order valence-corrected chi connectivity index (χ4v) is 7.41. The zero-order valence-electron chi connectivity index (χ0n) is 25.5. The van der Waals surface area contributed by atoms with Gasteiger partial charge in [0.25, 0.3) is 0 Å². The summed E-state index contributed by atoms with van der Waals surface area (Å²) in [5, 5.41) is 11.3. The molecule has 3 aromatic carbocycles. The second kappa shape index (κ2) is 13.2. The summed E-state index contributed by atoms with van der Waals surface area (Å²) in [6, 6.07) is 12.1. The van der Waals surface area contributed by atoms with Gasteiger partial charge in [0.05, 0.1) is 22.3 Å². The third kappa shape index (κ3) is 6.19. The highest BCUT2D eigenvalue weighted by atomic mass is 79.9. The molecule has 5 aromatic rings. The highest BCUT2D eigenvalue weighted by Crippen LogP contribution is 2.52. The van der Waals surface area contributed by atoms with E-state index < -0.39 is 5.60 Å². The van der Waals surface area contributed by atoms with E-state index in [4.69, 9.17) is 14.7 Å². The van der Waals surface area contributed by atoms with Gasteiger partial charge < -0.3 is 4.74 Å². The molecule has 6 rings (SSSR count). The minimum absolute atomic E-state index is 0.189. The second-order valence-electron chi connectivity index (χ2n) is 12.5. The molecule has 0 fully saturated rings. The molecule has 0 spiro atoms. The maximum Gasteiger partial charge on any atom is 0.135 e. The Labute approximate surface area is 271 Å². The maximum absolute atomic E-state index is 6.75. The zero-order valence-corrected chi connectivity index (χ0v) is 28.7. The van der Waals surface area contributed by atoms with Gasteiger partial charge in [0.15, 0.2) is 0 Å². The number of aryl methyl sites for hydroxylation is 1. The molecule has 0 amide bonds. The van der Waals surface area contributed by atoms with Crippen LogP contribution in [-0.2, 0) is 6.42 Å². The Morgan fingerprint density at radius 3 is 1.98 bits per heavy atom. The SMILES string of the molecule is CCCCCCCCCCCCCc1cn(C2c3c(c4ccccc4c4nc5c(Br)ccc(Br)c5nc34)OC2(C)C)nn1. The van der Waals surface area contributed by atoms with Crippen LogP contribution in [0.5, 0.6) is 5.75 Å². The number of nitrogens with zero attached hydrogens (tertiary/aromatic N) is 5. The average molecular weight is 708 g/mol. The van der Waals surface area contributed by atoms with Crippen LogP contribution < -0.4 is 4.74 Å². The summed E-state index contributed by atoms with van der Waals surface area (Å²) in [5.74, 6) is 0.861. The van der Waals surface area contributed by atoms with Gasteiger partial charge in [-0.25, -0.2) is 14.6 Å². The summed E-state index contributed by atoms with van der Waals surface area (Å²) in [7, 11) is 0. The van der Waals surface area contributed by atoms with Crippen molar-refractivity contribution >= 4 is 64.7 Å². The summed E-state index contributed by atoms with van der Waals surface area (Å²) in [6.07, 6.45) is 17.8. The Morgan fingerprint density at radius 2 is 1.33 bits per heavy atom. The number of hydrogen-bond donors (Lipinski definition) is 0. The molecule has 0 radical (unpaired) electrons. The van der Waals surface area contributed by atoms with Gasteiger partial charge in [-0.2, -0.15) is 0 Å². The first-order chi connectivity index (χ1) is 20.9. The van der Waals surface area contributed by atoms with Crippen molar-refractivity contribution in [1.82, 2.24) is 25.0 Å². The first-order valence-corrected chi connectivity index (χ1v) is 17.6. The molecule has 1 atom stereocenters. The molecule has 3 heterocycles. The first kappa shape index (κ1) is 30.4. The van der Waals surface area contributed by atoms with Crippen LogP contribution in [0.2, 0.25) is 0 Å². The highest BCUT2D eigenvalue weighted by molar-refractivity contribution is 9.11. The highest BCUT2D eigenvalue weighted by Gasteiger charge is 2.46. The van der Waals surface area contributed by atoms with Crippen LogP contribution in [0, 0.1) is 0 Å². The fraction of sp³-hybridized carbons (Fsp3) is 0.486. The van der Waals surface area contributed by atoms with Gasteiger partial charge in [-0.3, -0.25) is 0 Å². The third-order valence-corrected chi connectivity index (χ3v) is 10.1. The molecule has 0 saturated carbocycles. The molecule has 226 valence electrons. The van der Waals surface area contributed by atoms with Gasteiger partial charge in [-0.05, 0) is 70.7 Å². The molecule has 1 aliphatic rings. The van der Waals surface area contributed by atoms with Crippen LogP contribution >= 0.6 is 31.9 Å². The third-order valence-electron chi connectivity index (χ3n) is 8.81. The lowest BCUT2D eigenvalue weighted by atomic mass is 9.91. The van der Waals surface area contributed by atoms with E-state index in [-0.39, 0.29) is 6.04 Å². The fourth-order valence-electron chi connectivity index (χ4n) is 6.59. The predicted octanol–water partition coefficient (Wildman–Crippen LogP) is 10.7. The zero-order chi connectivity index (χ0) is 30.0. The standard InChI is InChI=1S/C35H41Br2N5O/c1-4-5-6-7-8-9-10-11-12-13-14-17-23-22-42(41-40-23)34-28-32-29(38-30-26(36)20-21-27(37)31(30)39-32)24-18-15-16-19-25(24)33(28)43-35(34,2)3/h15-16,18-22,34H,4-14,17H2,1-3H3. The average Bonchev–Trinajstić information content (AvgIpc) is 3.58. The van der Waals surface area contributed by atoms with E-state index in [1.807, 2.05) is 22.9 Å². The number of benzene rings is 3. The topological polar surface area (TPSA) is 65.7 Å². The lowest BCUT2D eigenvalue weighted by Gasteiger charge is -2.26. The molecule has 1 unspecified atom stereocenters. The van der Waals surface area contributed by atoms with Gasteiger partial charge in [-0.1, -0.05) is 101 Å². The molecule has 0 N–H and O–H groups in total. The van der Waals surface area contributed by atoms with Crippen LogP contribution in [0.25, 0.3) is 32.8 Å². The molecule has 8 heteroatoms. The van der Waals surface area contributed by atoms with Crippen LogP contribution in [0.1, 0.15) is 109 Å². The van der Waals surface area contributed by atoms with Crippen LogP contribution in [0.3, 0.4) is 0 Å². The predicted molar refractivity (Wildman–Crippen MR) is 183 cm³/mol. The van der Waals surface area contributed by atoms with Crippen molar-refractivity contribution in [2.45, 2.75) is 109 Å². The normalized spacial score (nSPS) is 15.9. The van der Waals surface area contributed by atoms with Gasteiger partial charge >= 0.3 is 0 Å². The lowest BCUT2D eigenvalue weighted by Crippen LogP contribution is -2.35. The smallest absolute Gasteiger partial charge is 0.135 e. The molecule has 0 bridgehead atoms. The van der Waals surface area contributed by atoms with E-state index >= 15 is 0 Å². The molecule has 6 nitrogen and oxygen atoms in total. The van der Waals surface area contributed by atoms with Gasteiger partial charge in [0.2, 0.25) is 0 Å². The second-order valence-corrected chi connectivity index (χ2v) is 14.2. The lowest BCUT2D eigenvalue weighted by molar-refractivity contribution is 0.0945. The molecule has 2 aromatic heterocycles. The maximum atomic E-state index is 6.75. The van der Waals surface area contributed by atoms with Crippen LogP contribution in [-0.4, -0.2) is 30.6 Å². The van der Waals surface area contributed by atoms with Crippen molar-refractivity contribution in [3.8, 4) is 5.75 Å². The van der Waals surface area contributed by atoms with E-state index in [0.29, 0.717) is 0 Å². The van der Waals surface area contributed by atoms with E-state index in [1.54, 1.807) is 0 Å². The van der Waals surface area contributed by atoms with Gasteiger partial charge in [-0.15, -0.1) is 5.10 Å². The monoisotopic (exact) mass is 705 g/mol. The number of unbranched alkanes of at least 4 members (excludes halogenated alkanes) is 10. The molecular formula is C35H41Br2N5O. The van der Waals surface area contributed by atoms with Crippen LogP contribution in [0.4, 0.5) is 0 Å². The summed E-state index contributed by atoms with van der Waals surface area (Å²) < 4.78 is 10.6. The minimum Gasteiger partial charge on any atom is -0.484 e. The van der Waals surface area contributed by atoms with Crippen molar-refractivity contribution in [2.75, 3.05) is 0 Å². The van der Waals surface area contributed by atoms with Gasteiger partial charge in [0, 0.05) is 25.9 Å². The largest absolute Gasteiger partial charge is 0.484 e. The summed E-state index contributed by atoms with van der Waals surface area (Å²) >= 11 is 7.40. The minimum atomic E-state index is -0.550. The Kier molecular flexibility index (Phi) is 9.34. The first-order valence-electron chi connectivity index (χ1n) is 16.0. The van der Waals surface area contributed by atoms with Crippen molar-refractivity contribution in [1.29, 1.82) is 0 Å². The van der Waals surface area contributed by atoms with E-state index in [9.17, 15) is 0 Å². The van der Waals surface area contributed by atoms with E-state index in [2.05, 4.69) is 87.3 Å². The Morgan fingerprint density at radius 1 is 0.744 bits per heavy atom. The number of halogens is 2. The van der Waals surface area contributed by atoms with Crippen molar-refractivity contribution in [2.24, 2.45) is 0 Å². The summed E-state index contributed by atoms with van der Waals surface area (Å²) in [5.41, 5.74) is 4.87. The molecule has 0 aliphatic carbocycles. The number of fused-ring (bicyclic) bond motifs is 7. The molecule has 0 saturated heterocycles. The Hall–Kier alpha value is -2.58. The van der Waals surface area contributed by atoms with Crippen molar-refractivity contribution < 1.29 is 4.74 Å². The number of aromatic nitrogens is 5. The number of ether oxygens (including phenoxy) is 1. The Balaban J connectivity index is 1.24. The van der Waals surface area contributed by atoms with Crippen LogP contribution in [0.15, 0.2) is 51.5 Å². The summed E-state index contributed by atoms with van der Waals surface area (Å²) in [4.78, 5) is 10.4. The molecule has 43 heavy (non-hydrogen) atoms. The number of hydrogen-bond acceptors (Lipinski definition) is 5. The molecular weight excluding hydrogens is 666 g/mol. The van der Waals surface area contributed by atoms with Crippen molar-refractivity contribution in [3.05, 3.63) is 62.8 Å². The summed E-state index contributed by atoms with van der Waals surface area (Å²) in [6.45, 7) is 6.54. The van der Waals surface area contributed by atoms with Crippen molar-refractivity contribution in [3.63, 3.8) is 0 Å². The number of rotatable bonds is 13. The van der Waals surface area contributed by atoms with E-state index in [1.165, 1.54) is 64.2 Å². The quantitative estimate of drug-likeness (QED) is 0.0692. The van der Waals surface area contributed by atoms with Gasteiger partial charge in [0.1, 0.15) is 28.4 Å². The Bertz CT molecular complexity index is 1750. The van der Waals surface area contributed by atoms with E-state index in [0.717, 1.165) is 71.6 Å². The molecule has 1 aliphatic heterocycles.